The summed E-state index contributed by atoms with van der Waals surface area (Å²) in [6.45, 7) is 8.84. The Balaban J connectivity index is 2.24. The normalized spacial score (nSPS) is 21.6. The van der Waals surface area contributed by atoms with E-state index in [1.165, 1.54) is 31.1 Å². The standard InChI is InChI=1S/C16H22F3N3O/c1-14(2,3)13-20-8-10(9-21-13)12(23)22-7-6-11(15(22,4)5)16(17,18)19/h8-9,11H,6-7H2,1-5H3. The molecule has 1 amide bonds. The quantitative estimate of drug-likeness (QED) is 0.791. The summed E-state index contributed by atoms with van der Waals surface area (Å²) < 4.78 is 39.4. The second-order valence-electron chi connectivity index (χ2n) is 7.54. The minimum absolute atomic E-state index is 0.0802. The van der Waals surface area contributed by atoms with E-state index in [9.17, 15) is 18.0 Å². The van der Waals surface area contributed by atoms with Crippen LogP contribution in [0.5, 0.6) is 0 Å². The van der Waals surface area contributed by atoms with Gasteiger partial charge in [-0.2, -0.15) is 13.2 Å². The molecule has 0 aromatic carbocycles. The number of alkyl halides is 3. The van der Waals surface area contributed by atoms with Gasteiger partial charge in [0.1, 0.15) is 5.82 Å². The van der Waals surface area contributed by atoms with Crippen molar-refractivity contribution in [1.82, 2.24) is 14.9 Å². The predicted octanol–water partition coefficient (Wildman–Crippen LogP) is 3.58. The van der Waals surface area contributed by atoms with Crippen molar-refractivity contribution in [3.8, 4) is 0 Å². The van der Waals surface area contributed by atoms with E-state index in [0.29, 0.717) is 5.82 Å². The van der Waals surface area contributed by atoms with Gasteiger partial charge in [0.2, 0.25) is 0 Å². The van der Waals surface area contributed by atoms with E-state index < -0.39 is 23.5 Å². The zero-order valence-corrected chi connectivity index (χ0v) is 14.0. The summed E-state index contributed by atoms with van der Waals surface area (Å²) in [7, 11) is 0. The van der Waals surface area contributed by atoms with Gasteiger partial charge in [-0.05, 0) is 20.3 Å². The topological polar surface area (TPSA) is 46.1 Å². The van der Waals surface area contributed by atoms with Gasteiger partial charge in [-0.3, -0.25) is 4.79 Å². The molecular weight excluding hydrogens is 307 g/mol. The van der Waals surface area contributed by atoms with Gasteiger partial charge in [-0.15, -0.1) is 0 Å². The zero-order chi connectivity index (χ0) is 17.6. The minimum atomic E-state index is -4.31. The summed E-state index contributed by atoms with van der Waals surface area (Å²) in [4.78, 5) is 22.2. The first-order valence-electron chi connectivity index (χ1n) is 7.56. The van der Waals surface area contributed by atoms with Crippen LogP contribution < -0.4 is 0 Å². The third kappa shape index (κ3) is 3.33. The molecule has 1 aromatic heterocycles. The Labute approximate surface area is 134 Å². The average Bonchev–Trinajstić information content (AvgIpc) is 2.72. The second-order valence-corrected chi connectivity index (χ2v) is 7.54. The average molecular weight is 329 g/mol. The first-order valence-corrected chi connectivity index (χ1v) is 7.56. The lowest BCUT2D eigenvalue weighted by Gasteiger charge is -2.36. The van der Waals surface area contributed by atoms with Crippen LogP contribution in [0, 0.1) is 5.92 Å². The second kappa shape index (κ2) is 5.46. The van der Waals surface area contributed by atoms with Crippen molar-refractivity contribution in [1.29, 1.82) is 0 Å². The Morgan fingerprint density at radius 2 is 1.74 bits per heavy atom. The highest BCUT2D eigenvalue weighted by atomic mass is 19.4. The zero-order valence-electron chi connectivity index (χ0n) is 14.0. The maximum atomic E-state index is 13.1. The molecule has 2 heterocycles. The third-order valence-electron chi connectivity index (χ3n) is 4.40. The van der Waals surface area contributed by atoms with Gasteiger partial charge in [-0.1, -0.05) is 20.8 Å². The van der Waals surface area contributed by atoms with Crippen LogP contribution in [0.1, 0.15) is 57.2 Å². The van der Waals surface area contributed by atoms with E-state index in [-0.39, 0.29) is 23.9 Å². The lowest BCUT2D eigenvalue weighted by atomic mass is 9.87. The van der Waals surface area contributed by atoms with Crippen molar-refractivity contribution in [2.75, 3.05) is 6.54 Å². The fourth-order valence-corrected chi connectivity index (χ4v) is 3.00. The van der Waals surface area contributed by atoms with Crippen molar-refractivity contribution in [2.24, 2.45) is 5.92 Å². The number of hydrogen-bond acceptors (Lipinski definition) is 3. The molecule has 23 heavy (non-hydrogen) atoms. The van der Waals surface area contributed by atoms with Gasteiger partial charge in [0.05, 0.1) is 11.5 Å². The molecule has 1 aliphatic rings. The van der Waals surface area contributed by atoms with E-state index in [4.69, 9.17) is 0 Å². The third-order valence-corrected chi connectivity index (χ3v) is 4.40. The molecule has 0 N–H and O–H groups in total. The predicted molar refractivity (Wildman–Crippen MR) is 80.0 cm³/mol. The molecule has 7 heteroatoms. The van der Waals surface area contributed by atoms with Crippen molar-refractivity contribution in [2.45, 2.75) is 58.2 Å². The van der Waals surface area contributed by atoms with Crippen LogP contribution >= 0.6 is 0 Å². The molecule has 0 radical (unpaired) electrons. The lowest BCUT2D eigenvalue weighted by molar-refractivity contribution is -0.189. The van der Waals surface area contributed by atoms with Crippen LogP contribution in [0.2, 0.25) is 0 Å². The first kappa shape index (κ1) is 17.7. The Bertz CT molecular complexity index is 588. The molecule has 1 saturated heterocycles. The van der Waals surface area contributed by atoms with Crippen molar-refractivity contribution < 1.29 is 18.0 Å². The van der Waals surface area contributed by atoms with Crippen molar-refractivity contribution >= 4 is 5.91 Å². The van der Waals surface area contributed by atoms with Crippen LogP contribution in [0.4, 0.5) is 13.2 Å². The molecule has 1 fully saturated rings. The number of carbonyl (C=O) groups excluding carboxylic acids is 1. The van der Waals surface area contributed by atoms with Crippen LogP contribution in [-0.2, 0) is 5.41 Å². The molecular formula is C16H22F3N3O. The molecule has 1 aromatic rings. The van der Waals surface area contributed by atoms with Gasteiger partial charge in [-0.25, -0.2) is 9.97 Å². The molecule has 0 spiro atoms. The molecule has 1 unspecified atom stereocenters. The molecule has 0 aliphatic carbocycles. The Morgan fingerprint density at radius 1 is 1.22 bits per heavy atom. The fraction of sp³-hybridized carbons (Fsp3) is 0.688. The molecule has 1 atom stereocenters. The minimum Gasteiger partial charge on any atom is -0.333 e. The molecule has 0 bridgehead atoms. The Kier molecular flexibility index (Phi) is 4.20. The van der Waals surface area contributed by atoms with Crippen LogP contribution in [0.15, 0.2) is 12.4 Å². The van der Waals surface area contributed by atoms with Gasteiger partial charge in [0.15, 0.2) is 0 Å². The van der Waals surface area contributed by atoms with Gasteiger partial charge in [0, 0.05) is 29.9 Å². The largest absolute Gasteiger partial charge is 0.394 e. The fourth-order valence-electron chi connectivity index (χ4n) is 3.00. The highest BCUT2D eigenvalue weighted by Gasteiger charge is 2.56. The molecule has 128 valence electrons. The summed E-state index contributed by atoms with van der Waals surface area (Å²) in [5.41, 5.74) is -1.32. The molecule has 0 saturated carbocycles. The number of amides is 1. The first-order chi connectivity index (χ1) is 10.3. The Hall–Kier alpha value is -1.66. The smallest absolute Gasteiger partial charge is 0.333 e. The number of likely N-dealkylation sites (tertiary alicyclic amines) is 1. The maximum Gasteiger partial charge on any atom is 0.394 e. The SMILES string of the molecule is CC(C)(C)c1ncc(C(=O)N2CCC(C(F)(F)F)C2(C)C)cn1. The summed E-state index contributed by atoms with van der Waals surface area (Å²) in [5, 5.41) is 0. The number of hydrogen-bond donors (Lipinski definition) is 0. The van der Waals surface area contributed by atoms with E-state index in [2.05, 4.69) is 9.97 Å². The van der Waals surface area contributed by atoms with Crippen molar-refractivity contribution in [3.63, 3.8) is 0 Å². The number of aromatic nitrogens is 2. The molecule has 1 aliphatic heterocycles. The van der Waals surface area contributed by atoms with Gasteiger partial charge >= 0.3 is 6.18 Å². The van der Waals surface area contributed by atoms with Crippen LogP contribution in [0.3, 0.4) is 0 Å². The lowest BCUT2D eigenvalue weighted by Crippen LogP contribution is -2.49. The van der Waals surface area contributed by atoms with E-state index in [1.807, 2.05) is 20.8 Å². The monoisotopic (exact) mass is 329 g/mol. The summed E-state index contributed by atoms with van der Waals surface area (Å²) in [6, 6.07) is 0. The van der Waals surface area contributed by atoms with Gasteiger partial charge < -0.3 is 4.90 Å². The van der Waals surface area contributed by atoms with Crippen LogP contribution in [-0.4, -0.2) is 39.0 Å². The number of carbonyl (C=O) groups is 1. The van der Waals surface area contributed by atoms with E-state index in [1.54, 1.807) is 0 Å². The summed E-state index contributed by atoms with van der Waals surface area (Å²) in [6.07, 6.45) is -1.60. The van der Waals surface area contributed by atoms with E-state index >= 15 is 0 Å². The van der Waals surface area contributed by atoms with Crippen molar-refractivity contribution in [3.05, 3.63) is 23.8 Å². The number of halogens is 3. The number of nitrogens with zero attached hydrogens (tertiary/aromatic N) is 3. The Morgan fingerprint density at radius 3 is 2.13 bits per heavy atom. The van der Waals surface area contributed by atoms with Gasteiger partial charge in [0.25, 0.3) is 5.91 Å². The summed E-state index contributed by atoms with van der Waals surface area (Å²) in [5.74, 6) is -1.39. The van der Waals surface area contributed by atoms with E-state index in [0.717, 1.165) is 0 Å². The molecule has 4 nitrogen and oxygen atoms in total. The highest BCUT2D eigenvalue weighted by Crippen LogP contribution is 2.45. The highest BCUT2D eigenvalue weighted by molar-refractivity contribution is 5.94. The van der Waals surface area contributed by atoms with Crippen LogP contribution in [0.25, 0.3) is 0 Å². The molecule has 2 rings (SSSR count). The number of rotatable bonds is 1. The summed E-state index contributed by atoms with van der Waals surface area (Å²) >= 11 is 0. The maximum absolute atomic E-state index is 13.1.